The lowest BCUT2D eigenvalue weighted by atomic mass is 10.0. The lowest BCUT2D eigenvalue weighted by Crippen LogP contribution is -2.44. The molecule has 90 valence electrons. The van der Waals surface area contributed by atoms with Gasteiger partial charge in [-0.2, -0.15) is 0 Å². The molecule has 0 aromatic heterocycles. The third-order valence-electron chi connectivity index (χ3n) is 4.26. The van der Waals surface area contributed by atoms with Crippen LogP contribution in [0.2, 0.25) is 0 Å². The van der Waals surface area contributed by atoms with Gasteiger partial charge in [0.2, 0.25) is 0 Å². The minimum atomic E-state index is 0.753. The van der Waals surface area contributed by atoms with Crippen LogP contribution in [0.25, 0.3) is 0 Å². The van der Waals surface area contributed by atoms with Gasteiger partial charge in [-0.3, -0.25) is 4.90 Å². The van der Waals surface area contributed by atoms with Crippen LogP contribution in [0.3, 0.4) is 0 Å². The fraction of sp³-hybridized carbons (Fsp3) is 0.857. The maximum atomic E-state index is 3.64. The third-order valence-corrected chi connectivity index (χ3v) is 4.26. The Labute approximate surface area is 99.1 Å². The molecule has 0 amide bonds. The fourth-order valence-corrected chi connectivity index (χ4v) is 3.20. The molecule has 2 atom stereocenters. The summed E-state index contributed by atoms with van der Waals surface area (Å²) < 4.78 is 0. The molecule has 0 radical (unpaired) electrons. The molecule has 2 aliphatic carbocycles. The van der Waals surface area contributed by atoms with Crippen LogP contribution in [-0.4, -0.2) is 36.1 Å². The Balaban J connectivity index is 1.60. The van der Waals surface area contributed by atoms with Crippen LogP contribution in [0.4, 0.5) is 0 Å². The van der Waals surface area contributed by atoms with Crippen molar-refractivity contribution in [1.82, 2.24) is 10.2 Å². The molecule has 2 nitrogen and oxygen atoms in total. The summed E-state index contributed by atoms with van der Waals surface area (Å²) in [4.78, 5) is 2.79. The van der Waals surface area contributed by atoms with Crippen molar-refractivity contribution in [2.45, 2.75) is 63.1 Å². The first-order valence-corrected chi connectivity index (χ1v) is 7.09. The molecule has 1 aliphatic heterocycles. The zero-order valence-electron chi connectivity index (χ0n) is 10.2. The summed E-state index contributed by atoms with van der Waals surface area (Å²) >= 11 is 0. The predicted octanol–water partition coefficient (Wildman–Crippen LogP) is 2.31. The van der Waals surface area contributed by atoms with E-state index in [1.807, 2.05) is 0 Å². The van der Waals surface area contributed by atoms with E-state index in [0.717, 1.165) is 18.1 Å². The molecular weight excluding hydrogens is 196 g/mol. The van der Waals surface area contributed by atoms with Crippen LogP contribution in [0.1, 0.15) is 44.9 Å². The Kier molecular flexibility index (Phi) is 3.30. The van der Waals surface area contributed by atoms with E-state index in [9.17, 15) is 0 Å². The van der Waals surface area contributed by atoms with Crippen molar-refractivity contribution < 1.29 is 0 Å². The van der Waals surface area contributed by atoms with Crippen LogP contribution >= 0.6 is 0 Å². The number of allylic oxidation sites excluding steroid dienone is 1. The second-order valence-corrected chi connectivity index (χ2v) is 5.65. The van der Waals surface area contributed by atoms with Gasteiger partial charge in [-0.1, -0.05) is 12.2 Å². The second-order valence-electron chi connectivity index (χ2n) is 5.65. The van der Waals surface area contributed by atoms with Gasteiger partial charge in [0.15, 0.2) is 0 Å². The summed E-state index contributed by atoms with van der Waals surface area (Å²) in [7, 11) is 0. The maximum absolute atomic E-state index is 3.64. The summed E-state index contributed by atoms with van der Waals surface area (Å²) in [5, 5.41) is 3.64. The molecular formula is C14H24N2. The highest BCUT2D eigenvalue weighted by molar-refractivity contribution is 5.03. The van der Waals surface area contributed by atoms with Gasteiger partial charge in [-0.25, -0.2) is 0 Å². The molecule has 0 bridgehead atoms. The Bertz CT molecular complexity index is 251. The van der Waals surface area contributed by atoms with Gasteiger partial charge in [0.05, 0.1) is 0 Å². The average Bonchev–Trinajstić information content (AvgIpc) is 3.05. The zero-order valence-corrected chi connectivity index (χ0v) is 10.2. The number of nitrogens with zero attached hydrogens (tertiary/aromatic N) is 1. The largest absolute Gasteiger partial charge is 0.313 e. The maximum Gasteiger partial charge on any atom is 0.0281 e. The highest BCUT2D eigenvalue weighted by atomic mass is 15.2. The SMILES string of the molecule is C1=CC(N(CC2CCCN2)C2CC2)CCC1. The van der Waals surface area contributed by atoms with Gasteiger partial charge >= 0.3 is 0 Å². The number of nitrogens with one attached hydrogen (secondary N) is 1. The lowest BCUT2D eigenvalue weighted by molar-refractivity contribution is 0.186. The van der Waals surface area contributed by atoms with Gasteiger partial charge in [0, 0.05) is 24.7 Å². The molecule has 0 aromatic rings. The Morgan fingerprint density at radius 2 is 2.06 bits per heavy atom. The van der Waals surface area contributed by atoms with Crippen LogP contribution < -0.4 is 5.32 Å². The van der Waals surface area contributed by atoms with Crippen molar-refractivity contribution in [2.75, 3.05) is 13.1 Å². The number of hydrogen-bond donors (Lipinski definition) is 1. The average molecular weight is 220 g/mol. The monoisotopic (exact) mass is 220 g/mol. The Morgan fingerprint density at radius 3 is 2.69 bits per heavy atom. The first kappa shape index (κ1) is 10.8. The van der Waals surface area contributed by atoms with Gasteiger partial charge in [-0.05, 0) is 51.5 Å². The molecule has 1 heterocycles. The van der Waals surface area contributed by atoms with Gasteiger partial charge in [0.1, 0.15) is 0 Å². The molecule has 3 rings (SSSR count). The Hall–Kier alpha value is -0.340. The van der Waals surface area contributed by atoms with Gasteiger partial charge < -0.3 is 5.32 Å². The van der Waals surface area contributed by atoms with E-state index < -0.39 is 0 Å². The molecule has 16 heavy (non-hydrogen) atoms. The topological polar surface area (TPSA) is 15.3 Å². The quantitative estimate of drug-likeness (QED) is 0.731. The Morgan fingerprint density at radius 1 is 1.12 bits per heavy atom. The second kappa shape index (κ2) is 4.89. The minimum Gasteiger partial charge on any atom is -0.313 e. The van der Waals surface area contributed by atoms with Crippen molar-refractivity contribution in [3.63, 3.8) is 0 Å². The number of rotatable bonds is 4. The fourth-order valence-electron chi connectivity index (χ4n) is 3.20. The van der Waals surface area contributed by atoms with E-state index in [-0.39, 0.29) is 0 Å². The molecule has 2 unspecified atom stereocenters. The number of hydrogen-bond acceptors (Lipinski definition) is 2. The minimum absolute atomic E-state index is 0.753. The molecule has 2 heteroatoms. The van der Waals surface area contributed by atoms with E-state index in [2.05, 4.69) is 22.4 Å². The van der Waals surface area contributed by atoms with E-state index in [1.165, 1.54) is 58.0 Å². The van der Waals surface area contributed by atoms with Crippen LogP contribution in [0.15, 0.2) is 12.2 Å². The van der Waals surface area contributed by atoms with E-state index in [0.29, 0.717) is 0 Å². The van der Waals surface area contributed by atoms with E-state index in [4.69, 9.17) is 0 Å². The molecule has 1 N–H and O–H groups in total. The predicted molar refractivity (Wildman–Crippen MR) is 67.5 cm³/mol. The molecule has 3 aliphatic rings. The van der Waals surface area contributed by atoms with Crippen molar-refractivity contribution in [3.05, 3.63) is 12.2 Å². The molecule has 0 spiro atoms. The summed E-state index contributed by atoms with van der Waals surface area (Å²) in [6.45, 7) is 2.53. The molecule has 1 saturated carbocycles. The summed E-state index contributed by atoms with van der Waals surface area (Å²) in [5.41, 5.74) is 0. The summed E-state index contributed by atoms with van der Waals surface area (Å²) in [5.74, 6) is 0. The van der Waals surface area contributed by atoms with Crippen molar-refractivity contribution >= 4 is 0 Å². The van der Waals surface area contributed by atoms with Gasteiger partial charge in [0.25, 0.3) is 0 Å². The molecule has 1 saturated heterocycles. The van der Waals surface area contributed by atoms with Crippen LogP contribution in [0, 0.1) is 0 Å². The standard InChI is InChI=1S/C14H24N2/c1-2-6-13(7-3-1)16(14-8-9-14)11-12-5-4-10-15-12/h2,6,12-15H,1,3-5,7-11H2. The normalized spacial score (nSPS) is 34.8. The van der Waals surface area contributed by atoms with Crippen molar-refractivity contribution in [2.24, 2.45) is 0 Å². The molecule has 0 aromatic carbocycles. The summed E-state index contributed by atoms with van der Waals surface area (Å²) in [6.07, 6.45) is 14.6. The van der Waals surface area contributed by atoms with Crippen LogP contribution in [0.5, 0.6) is 0 Å². The zero-order chi connectivity index (χ0) is 10.8. The molecule has 2 fully saturated rings. The van der Waals surface area contributed by atoms with Crippen LogP contribution in [-0.2, 0) is 0 Å². The third kappa shape index (κ3) is 2.49. The smallest absolute Gasteiger partial charge is 0.0281 e. The highest BCUT2D eigenvalue weighted by Crippen LogP contribution is 2.32. The summed E-state index contributed by atoms with van der Waals surface area (Å²) in [6, 6.07) is 2.44. The first-order chi connectivity index (χ1) is 7.93. The van der Waals surface area contributed by atoms with E-state index in [1.54, 1.807) is 0 Å². The highest BCUT2D eigenvalue weighted by Gasteiger charge is 2.34. The lowest BCUT2D eigenvalue weighted by Gasteiger charge is -2.33. The van der Waals surface area contributed by atoms with Crippen molar-refractivity contribution in [3.8, 4) is 0 Å². The first-order valence-electron chi connectivity index (χ1n) is 7.09. The van der Waals surface area contributed by atoms with Crippen molar-refractivity contribution in [1.29, 1.82) is 0 Å². The van der Waals surface area contributed by atoms with E-state index >= 15 is 0 Å². The van der Waals surface area contributed by atoms with Gasteiger partial charge in [-0.15, -0.1) is 0 Å².